The van der Waals surface area contributed by atoms with Crippen molar-refractivity contribution in [3.05, 3.63) is 34.9 Å². The van der Waals surface area contributed by atoms with Crippen molar-refractivity contribution in [3.63, 3.8) is 0 Å². The van der Waals surface area contributed by atoms with Gasteiger partial charge in [-0.05, 0) is 50.2 Å². The molecule has 0 spiro atoms. The molecule has 1 unspecified atom stereocenters. The van der Waals surface area contributed by atoms with E-state index in [1.165, 1.54) is 29.5 Å². The molecule has 0 amide bonds. The lowest BCUT2D eigenvalue weighted by molar-refractivity contribution is 0.299. The summed E-state index contributed by atoms with van der Waals surface area (Å²) in [6.07, 6.45) is 2.45. The predicted molar refractivity (Wildman–Crippen MR) is 81.4 cm³/mol. The Bertz CT molecular complexity index is 500. The van der Waals surface area contributed by atoms with E-state index < -0.39 is 8.07 Å². The van der Waals surface area contributed by atoms with E-state index >= 15 is 0 Å². The summed E-state index contributed by atoms with van der Waals surface area (Å²) in [4.78, 5) is 2.32. The molecular formula is C16H23NSi. The molecule has 0 bridgehead atoms. The lowest BCUT2D eigenvalue weighted by Crippen LogP contribution is -2.17. The number of rotatable bonds is 1. The molecule has 96 valence electrons. The van der Waals surface area contributed by atoms with Crippen molar-refractivity contribution in [2.24, 2.45) is 0 Å². The van der Waals surface area contributed by atoms with Crippen LogP contribution in [0.1, 0.15) is 29.2 Å². The minimum atomic E-state index is -1.28. The van der Waals surface area contributed by atoms with Crippen LogP contribution in [0.2, 0.25) is 19.6 Å². The molecular weight excluding hydrogens is 234 g/mol. The molecule has 0 N–H and O–H groups in total. The molecule has 1 nitrogen and oxygen atoms in total. The molecule has 1 aliphatic rings. The molecule has 0 fully saturated rings. The quantitative estimate of drug-likeness (QED) is 0.550. The second-order valence-corrected chi connectivity index (χ2v) is 11.2. The number of nitrogens with zero attached hydrogens (tertiary/aromatic N) is 1. The Kier molecular flexibility index (Phi) is 3.65. The van der Waals surface area contributed by atoms with E-state index in [9.17, 15) is 0 Å². The van der Waals surface area contributed by atoms with E-state index in [2.05, 4.69) is 68.3 Å². The highest BCUT2D eigenvalue weighted by Crippen LogP contribution is 2.34. The number of hydrogen-bond donors (Lipinski definition) is 0. The molecule has 0 aromatic heterocycles. The first-order chi connectivity index (χ1) is 8.37. The van der Waals surface area contributed by atoms with Crippen LogP contribution in [0.5, 0.6) is 0 Å². The van der Waals surface area contributed by atoms with Gasteiger partial charge in [-0.3, -0.25) is 0 Å². The SMILES string of the molecule is CN(C)C1CCc2ccc(C#C[Si](C)(C)C)cc21. The van der Waals surface area contributed by atoms with Gasteiger partial charge < -0.3 is 4.90 Å². The highest BCUT2D eigenvalue weighted by atomic mass is 28.3. The number of aryl methyl sites for hydroxylation is 1. The van der Waals surface area contributed by atoms with E-state index in [0.29, 0.717) is 6.04 Å². The standard InChI is InChI=1S/C16H23NSi/c1-17(2)16-9-8-14-7-6-13(12-15(14)16)10-11-18(3,4)5/h6-7,12,16H,8-9H2,1-5H3. The maximum atomic E-state index is 3.45. The zero-order valence-electron chi connectivity index (χ0n) is 12.2. The van der Waals surface area contributed by atoms with Gasteiger partial charge in [0.05, 0.1) is 0 Å². The summed E-state index contributed by atoms with van der Waals surface area (Å²) in [5.74, 6) is 3.37. The molecule has 18 heavy (non-hydrogen) atoms. The largest absolute Gasteiger partial charge is 0.302 e. The van der Waals surface area contributed by atoms with Crippen molar-refractivity contribution in [2.75, 3.05) is 14.1 Å². The molecule has 1 aromatic carbocycles. The molecule has 1 aliphatic carbocycles. The molecule has 0 saturated carbocycles. The van der Waals surface area contributed by atoms with Gasteiger partial charge in [-0.25, -0.2) is 0 Å². The van der Waals surface area contributed by atoms with Crippen molar-refractivity contribution in [1.29, 1.82) is 0 Å². The predicted octanol–water partition coefficient (Wildman–Crippen LogP) is 3.46. The lowest BCUT2D eigenvalue weighted by Gasteiger charge is -2.20. The van der Waals surface area contributed by atoms with Crippen LogP contribution < -0.4 is 0 Å². The third-order valence-electron chi connectivity index (χ3n) is 3.40. The van der Waals surface area contributed by atoms with E-state index in [-0.39, 0.29) is 0 Å². The molecule has 1 atom stereocenters. The molecule has 0 heterocycles. The van der Waals surface area contributed by atoms with Gasteiger partial charge in [0.25, 0.3) is 0 Å². The topological polar surface area (TPSA) is 3.24 Å². The Morgan fingerprint density at radius 3 is 2.56 bits per heavy atom. The van der Waals surface area contributed by atoms with Gasteiger partial charge >= 0.3 is 0 Å². The average molecular weight is 257 g/mol. The van der Waals surface area contributed by atoms with Gasteiger partial charge in [-0.1, -0.05) is 31.6 Å². The summed E-state index contributed by atoms with van der Waals surface area (Å²) >= 11 is 0. The average Bonchev–Trinajstić information content (AvgIpc) is 2.68. The number of fused-ring (bicyclic) bond motifs is 1. The summed E-state index contributed by atoms with van der Waals surface area (Å²) in [5.41, 5.74) is 7.63. The Morgan fingerprint density at radius 2 is 1.94 bits per heavy atom. The summed E-state index contributed by atoms with van der Waals surface area (Å²) < 4.78 is 0. The van der Waals surface area contributed by atoms with Crippen LogP contribution in [0.15, 0.2) is 18.2 Å². The van der Waals surface area contributed by atoms with Crippen molar-refractivity contribution >= 4 is 8.07 Å². The minimum Gasteiger partial charge on any atom is -0.302 e. The Hall–Kier alpha value is -1.04. The molecule has 2 rings (SSSR count). The normalized spacial score (nSPS) is 18.4. The van der Waals surface area contributed by atoms with Gasteiger partial charge in [0.2, 0.25) is 0 Å². The van der Waals surface area contributed by atoms with Crippen molar-refractivity contribution < 1.29 is 0 Å². The Balaban J connectivity index is 2.32. The fourth-order valence-corrected chi connectivity index (χ4v) is 2.97. The third kappa shape index (κ3) is 3.04. The number of benzene rings is 1. The zero-order valence-corrected chi connectivity index (χ0v) is 13.2. The van der Waals surface area contributed by atoms with Crippen LogP contribution in [0.4, 0.5) is 0 Å². The second-order valence-electron chi connectivity index (χ2n) is 6.43. The van der Waals surface area contributed by atoms with E-state index in [4.69, 9.17) is 0 Å². The van der Waals surface area contributed by atoms with Crippen molar-refractivity contribution in [2.45, 2.75) is 38.5 Å². The van der Waals surface area contributed by atoms with Gasteiger partial charge in [-0.2, -0.15) is 0 Å². The number of hydrogen-bond acceptors (Lipinski definition) is 1. The van der Waals surface area contributed by atoms with Gasteiger partial charge in [0, 0.05) is 11.6 Å². The Labute approximate surface area is 112 Å². The first kappa shape index (κ1) is 13.4. The monoisotopic (exact) mass is 257 g/mol. The lowest BCUT2D eigenvalue weighted by atomic mass is 10.0. The second kappa shape index (κ2) is 4.91. The minimum absolute atomic E-state index is 0.577. The molecule has 2 heteroatoms. The van der Waals surface area contributed by atoms with E-state index in [1.54, 1.807) is 0 Å². The third-order valence-corrected chi connectivity index (χ3v) is 4.27. The maximum absolute atomic E-state index is 3.45. The van der Waals surface area contributed by atoms with Crippen LogP contribution in [-0.4, -0.2) is 27.1 Å². The van der Waals surface area contributed by atoms with Crippen LogP contribution in [0.25, 0.3) is 0 Å². The summed E-state index contributed by atoms with van der Waals surface area (Å²) in [7, 11) is 3.06. The van der Waals surface area contributed by atoms with Crippen LogP contribution in [0, 0.1) is 11.5 Å². The van der Waals surface area contributed by atoms with Crippen molar-refractivity contribution in [3.8, 4) is 11.5 Å². The highest BCUT2D eigenvalue weighted by molar-refractivity contribution is 6.83. The van der Waals surface area contributed by atoms with Crippen LogP contribution >= 0.6 is 0 Å². The molecule has 1 aromatic rings. The van der Waals surface area contributed by atoms with Crippen LogP contribution in [0.3, 0.4) is 0 Å². The molecule has 0 saturated heterocycles. The van der Waals surface area contributed by atoms with Crippen molar-refractivity contribution in [1.82, 2.24) is 4.90 Å². The zero-order chi connectivity index (χ0) is 13.3. The highest BCUT2D eigenvalue weighted by Gasteiger charge is 2.23. The molecule has 0 radical (unpaired) electrons. The van der Waals surface area contributed by atoms with Crippen LogP contribution in [-0.2, 0) is 6.42 Å². The summed E-state index contributed by atoms with van der Waals surface area (Å²) in [6, 6.07) is 7.34. The fourth-order valence-electron chi connectivity index (χ4n) is 2.45. The van der Waals surface area contributed by atoms with Gasteiger partial charge in [-0.15, -0.1) is 5.54 Å². The smallest absolute Gasteiger partial charge is 0.129 e. The van der Waals surface area contributed by atoms with E-state index in [0.717, 1.165) is 0 Å². The first-order valence-corrected chi connectivity index (χ1v) is 10.2. The maximum Gasteiger partial charge on any atom is 0.129 e. The summed E-state index contributed by atoms with van der Waals surface area (Å²) in [5, 5.41) is 0. The Morgan fingerprint density at radius 1 is 1.22 bits per heavy atom. The first-order valence-electron chi connectivity index (χ1n) is 6.69. The van der Waals surface area contributed by atoms with Gasteiger partial charge in [0.1, 0.15) is 8.07 Å². The molecule has 0 aliphatic heterocycles. The summed E-state index contributed by atoms with van der Waals surface area (Å²) in [6.45, 7) is 6.86. The fraction of sp³-hybridized carbons (Fsp3) is 0.500. The van der Waals surface area contributed by atoms with E-state index in [1.807, 2.05) is 0 Å². The van der Waals surface area contributed by atoms with Gasteiger partial charge in [0.15, 0.2) is 0 Å².